The Morgan fingerprint density at radius 2 is 1.27 bits per heavy atom. The summed E-state index contributed by atoms with van der Waals surface area (Å²) >= 11 is 0. The number of aliphatic hydroxyl groups excluding tert-OH is 3. The van der Waals surface area contributed by atoms with E-state index in [-0.39, 0.29) is 26.4 Å². The van der Waals surface area contributed by atoms with Gasteiger partial charge in [0.1, 0.15) is 0 Å². The lowest BCUT2D eigenvalue weighted by atomic mass is 9.93. The number of phosphoric acid groups is 2. The van der Waals surface area contributed by atoms with Gasteiger partial charge in [-0.15, -0.1) is 0 Å². The topological polar surface area (TPSA) is 194 Å². The van der Waals surface area contributed by atoms with Crippen molar-refractivity contribution in [2.75, 3.05) is 33.0 Å². The molecule has 0 atom stereocenters. The lowest BCUT2D eigenvalue weighted by molar-refractivity contribution is -0.0621. The zero-order valence-electron chi connectivity index (χ0n) is 12.3. The maximum absolute atomic E-state index is 9.63. The van der Waals surface area contributed by atoms with Gasteiger partial charge >= 0.3 is 15.6 Å². The Morgan fingerprint density at radius 1 is 0.909 bits per heavy atom. The molecule has 13 heteroatoms. The summed E-state index contributed by atoms with van der Waals surface area (Å²) in [6.07, 6.45) is 0. The first-order valence-corrected chi connectivity index (χ1v) is 9.09. The molecule has 136 valence electrons. The predicted octanol–water partition coefficient (Wildman–Crippen LogP) is -1.19. The van der Waals surface area contributed by atoms with Crippen molar-refractivity contribution in [2.45, 2.75) is 13.8 Å². The molecule has 0 aliphatic heterocycles. The van der Waals surface area contributed by atoms with E-state index in [1.807, 2.05) is 13.8 Å². The highest BCUT2D eigenvalue weighted by molar-refractivity contribution is 7.60. The molecule has 0 saturated heterocycles. The first kappa shape index (κ1) is 24.4. The summed E-state index contributed by atoms with van der Waals surface area (Å²) in [7, 11) is -10.1. The molecule has 0 rings (SSSR count). The Morgan fingerprint density at radius 3 is 1.45 bits per heavy atom. The highest BCUT2D eigenvalue weighted by Crippen LogP contribution is 2.53. The first-order chi connectivity index (χ1) is 9.81. The van der Waals surface area contributed by atoms with Gasteiger partial charge in [0.25, 0.3) is 0 Å². The standard InChI is InChI=1S/C9H20O4.H4O7P2/c1-8(2)3-13-7-9(4-10,5-11)6-12;1-8(2,3)7-9(4,5)6/h8,10-12H,3-7H2,1-2H3;(H2,1,2,3)(H2,4,5,6). The molecule has 0 fully saturated rings. The highest BCUT2D eigenvalue weighted by atomic mass is 31.3. The van der Waals surface area contributed by atoms with Crippen molar-refractivity contribution in [1.29, 1.82) is 0 Å². The fourth-order valence-electron chi connectivity index (χ4n) is 0.937. The van der Waals surface area contributed by atoms with Crippen LogP contribution in [-0.2, 0) is 18.2 Å². The minimum atomic E-state index is -5.05. The molecule has 0 aliphatic rings. The summed E-state index contributed by atoms with van der Waals surface area (Å²) in [5.41, 5.74) is -0.894. The Bertz CT molecular complexity index is 341. The van der Waals surface area contributed by atoms with Crippen LogP contribution in [0.1, 0.15) is 13.8 Å². The van der Waals surface area contributed by atoms with E-state index in [1.54, 1.807) is 0 Å². The Hall–Kier alpha value is 0.100. The second kappa shape index (κ2) is 10.8. The lowest BCUT2D eigenvalue weighted by Crippen LogP contribution is -2.39. The van der Waals surface area contributed by atoms with Crippen LogP contribution >= 0.6 is 15.6 Å². The van der Waals surface area contributed by atoms with Crippen molar-refractivity contribution in [3.63, 3.8) is 0 Å². The van der Waals surface area contributed by atoms with Crippen LogP contribution in [0.5, 0.6) is 0 Å². The van der Waals surface area contributed by atoms with Gasteiger partial charge in [-0.2, -0.15) is 4.31 Å². The molecule has 0 unspecified atom stereocenters. The van der Waals surface area contributed by atoms with E-state index in [9.17, 15) is 9.13 Å². The molecule has 11 nitrogen and oxygen atoms in total. The lowest BCUT2D eigenvalue weighted by Gasteiger charge is -2.27. The Kier molecular flexibility index (Phi) is 12.0. The summed E-state index contributed by atoms with van der Waals surface area (Å²) in [5, 5.41) is 26.8. The number of hydrogen-bond acceptors (Lipinski definition) is 7. The summed E-state index contributed by atoms with van der Waals surface area (Å²) < 4.78 is 27.5. The van der Waals surface area contributed by atoms with Gasteiger partial charge in [-0.1, -0.05) is 13.8 Å². The molecule has 0 spiro atoms. The third-order valence-corrected chi connectivity index (χ3v) is 3.78. The largest absolute Gasteiger partial charge is 0.478 e. The molecular weight excluding hydrogens is 346 g/mol. The maximum atomic E-state index is 9.63. The number of ether oxygens (including phenoxy) is 1. The van der Waals surface area contributed by atoms with Crippen molar-refractivity contribution in [3.05, 3.63) is 0 Å². The second-order valence-corrected chi connectivity index (χ2v) is 7.56. The zero-order chi connectivity index (χ0) is 18.0. The van der Waals surface area contributed by atoms with E-state index in [2.05, 4.69) is 4.31 Å². The van der Waals surface area contributed by atoms with Crippen molar-refractivity contribution in [1.82, 2.24) is 0 Å². The molecule has 0 heterocycles. The minimum absolute atomic E-state index is 0.189. The van der Waals surface area contributed by atoms with E-state index in [0.29, 0.717) is 12.5 Å². The molecule has 0 amide bonds. The van der Waals surface area contributed by atoms with Crippen molar-refractivity contribution in [3.8, 4) is 0 Å². The molecule has 0 radical (unpaired) electrons. The fourth-order valence-corrected chi connectivity index (χ4v) is 2.05. The van der Waals surface area contributed by atoms with Gasteiger partial charge in [0.2, 0.25) is 0 Å². The summed E-state index contributed by atoms with van der Waals surface area (Å²) in [6.45, 7) is 3.99. The van der Waals surface area contributed by atoms with Gasteiger partial charge in [0.15, 0.2) is 0 Å². The smallest absolute Gasteiger partial charge is 0.396 e. The number of rotatable bonds is 9. The maximum Gasteiger partial charge on any atom is 0.478 e. The predicted molar refractivity (Wildman–Crippen MR) is 74.5 cm³/mol. The first-order valence-electron chi connectivity index (χ1n) is 6.03. The van der Waals surface area contributed by atoms with Crippen LogP contribution in [0.2, 0.25) is 0 Å². The van der Waals surface area contributed by atoms with Crippen molar-refractivity contribution < 1.29 is 53.1 Å². The SMILES string of the molecule is CC(C)COCC(CO)(CO)CO.O=P(O)(O)OP(=O)(O)O. The van der Waals surface area contributed by atoms with E-state index in [0.717, 1.165) is 0 Å². The summed E-state index contributed by atoms with van der Waals surface area (Å²) in [4.78, 5) is 31.0. The quantitative estimate of drug-likeness (QED) is 0.241. The van der Waals surface area contributed by atoms with E-state index in [4.69, 9.17) is 39.6 Å². The molecule has 0 bridgehead atoms. The number of aliphatic hydroxyl groups is 3. The minimum Gasteiger partial charge on any atom is -0.396 e. The highest BCUT2D eigenvalue weighted by Gasteiger charge is 2.28. The average molecular weight is 370 g/mol. The van der Waals surface area contributed by atoms with Crippen LogP contribution in [0.25, 0.3) is 0 Å². The molecule has 0 saturated carbocycles. The van der Waals surface area contributed by atoms with Gasteiger partial charge in [-0.25, -0.2) is 9.13 Å². The van der Waals surface area contributed by atoms with Gasteiger partial charge in [-0.05, 0) is 5.92 Å². The van der Waals surface area contributed by atoms with Gasteiger partial charge < -0.3 is 39.6 Å². The Labute approximate surface area is 128 Å². The molecule has 0 aromatic carbocycles. The second-order valence-electron chi connectivity index (χ2n) is 4.95. The monoisotopic (exact) mass is 370 g/mol. The van der Waals surface area contributed by atoms with Crippen molar-refractivity contribution >= 4 is 15.6 Å². The van der Waals surface area contributed by atoms with E-state index < -0.39 is 21.1 Å². The van der Waals surface area contributed by atoms with Crippen LogP contribution < -0.4 is 0 Å². The summed E-state index contributed by atoms with van der Waals surface area (Å²) in [6, 6.07) is 0. The number of hydrogen-bond donors (Lipinski definition) is 7. The Balaban J connectivity index is 0. The molecule has 0 aromatic rings. The van der Waals surface area contributed by atoms with E-state index in [1.165, 1.54) is 0 Å². The molecule has 0 aliphatic carbocycles. The van der Waals surface area contributed by atoms with Crippen LogP contribution in [0.4, 0.5) is 0 Å². The third kappa shape index (κ3) is 15.0. The van der Waals surface area contributed by atoms with Crippen molar-refractivity contribution in [2.24, 2.45) is 11.3 Å². The van der Waals surface area contributed by atoms with Crippen LogP contribution in [-0.4, -0.2) is 67.9 Å². The van der Waals surface area contributed by atoms with Crippen LogP contribution in [0, 0.1) is 11.3 Å². The van der Waals surface area contributed by atoms with E-state index >= 15 is 0 Å². The average Bonchev–Trinajstić information content (AvgIpc) is 2.31. The van der Waals surface area contributed by atoms with Gasteiger partial charge in [0.05, 0.1) is 31.8 Å². The third-order valence-electron chi connectivity index (χ3n) is 2.08. The van der Waals surface area contributed by atoms with Gasteiger partial charge in [0, 0.05) is 6.61 Å². The molecule has 0 aromatic heterocycles. The van der Waals surface area contributed by atoms with Crippen LogP contribution in [0.15, 0.2) is 0 Å². The molecule has 22 heavy (non-hydrogen) atoms. The normalized spacial score (nSPS) is 13.0. The molecule has 7 N–H and O–H groups in total. The fraction of sp³-hybridized carbons (Fsp3) is 1.00. The van der Waals surface area contributed by atoms with Crippen LogP contribution in [0.3, 0.4) is 0 Å². The summed E-state index contributed by atoms with van der Waals surface area (Å²) in [5.74, 6) is 0.411. The molecular formula is C9H24O11P2. The van der Waals surface area contributed by atoms with Gasteiger partial charge in [-0.3, -0.25) is 0 Å². The zero-order valence-corrected chi connectivity index (χ0v) is 14.1.